The molecule has 130 valence electrons. The van der Waals surface area contributed by atoms with E-state index >= 15 is 0 Å². The molecule has 3 rings (SSSR count). The van der Waals surface area contributed by atoms with Gasteiger partial charge in [0.15, 0.2) is 0 Å². The number of carbonyl (C=O) groups is 1. The fourth-order valence-electron chi connectivity index (χ4n) is 1.51. The van der Waals surface area contributed by atoms with E-state index in [1.54, 1.807) is 0 Å². The predicted molar refractivity (Wildman–Crippen MR) is 76.6 cm³/mol. The average Bonchev–Trinajstić information content (AvgIpc) is 3.46. The van der Waals surface area contributed by atoms with Crippen LogP contribution in [0.25, 0.3) is 0 Å². The zero-order valence-corrected chi connectivity index (χ0v) is 12.3. The number of nitro benzene ring substituents is 2. The lowest BCUT2D eigenvalue weighted by Crippen LogP contribution is -2.10. The molecule has 2 aliphatic heterocycles. The van der Waals surface area contributed by atoms with Crippen molar-refractivity contribution in [1.82, 2.24) is 0 Å². The topological polar surface area (TPSA) is 158 Å². The highest BCUT2D eigenvalue weighted by Crippen LogP contribution is 2.23. The second-order valence-electron chi connectivity index (χ2n) is 4.94. The van der Waals surface area contributed by atoms with Crippen LogP contribution in [0.5, 0.6) is 0 Å². The van der Waals surface area contributed by atoms with E-state index in [9.17, 15) is 25.0 Å². The summed E-state index contributed by atoms with van der Waals surface area (Å²) in [5, 5.41) is 29.4. The van der Waals surface area contributed by atoms with Crippen molar-refractivity contribution in [2.45, 2.75) is 12.2 Å². The quantitative estimate of drug-likeness (QED) is 0.335. The van der Waals surface area contributed by atoms with Crippen molar-refractivity contribution < 1.29 is 34.0 Å². The fourth-order valence-corrected chi connectivity index (χ4v) is 1.51. The van der Waals surface area contributed by atoms with E-state index in [4.69, 9.17) is 14.6 Å². The van der Waals surface area contributed by atoms with Gasteiger partial charge in [-0.1, -0.05) is 0 Å². The lowest BCUT2D eigenvalue weighted by molar-refractivity contribution is -0.394. The Morgan fingerprint density at radius 3 is 1.96 bits per heavy atom. The number of carbonyl (C=O) groups excluding carboxylic acids is 1. The molecule has 0 aromatic heterocycles. The van der Waals surface area contributed by atoms with E-state index in [0.717, 1.165) is 24.8 Å². The Kier molecular flexibility index (Phi) is 5.73. The van der Waals surface area contributed by atoms with Crippen LogP contribution in [0, 0.1) is 20.2 Å². The Balaban J connectivity index is 0.000000355. The second kappa shape index (κ2) is 7.77. The molecule has 2 saturated heterocycles. The maximum atomic E-state index is 11.6. The molecule has 11 nitrogen and oxygen atoms in total. The zero-order chi connectivity index (χ0) is 17.7. The van der Waals surface area contributed by atoms with Crippen molar-refractivity contribution in [2.75, 3.05) is 26.4 Å². The summed E-state index contributed by atoms with van der Waals surface area (Å²) in [5.74, 6) is -0.859. The molecule has 1 aromatic rings. The third-order valence-corrected chi connectivity index (χ3v) is 2.97. The number of ether oxygens (including phenoxy) is 3. The van der Waals surface area contributed by atoms with Gasteiger partial charge in [-0.25, -0.2) is 4.79 Å². The smallest absolute Gasteiger partial charge is 0.338 e. The minimum Gasteiger partial charge on any atom is -0.459 e. The maximum absolute atomic E-state index is 11.6. The van der Waals surface area contributed by atoms with Gasteiger partial charge in [0.2, 0.25) is 0 Å². The summed E-state index contributed by atoms with van der Waals surface area (Å²) < 4.78 is 14.2. The second-order valence-corrected chi connectivity index (χ2v) is 4.94. The number of non-ortho nitro benzene ring substituents is 2. The molecular weight excluding hydrogens is 328 g/mol. The van der Waals surface area contributed by atoms with Crippen LogP contribution in [0.15, 0.2) is 18.2 Å². The van der Waals surface area contributed by atoms with E-state index in [2.05, 4.69) is 4.74 Å². The van der Waals surface area contributed by atoms with Crippen LogP contribution in [-0.4, -0.2) is 59.6 Å². The predicted octanol–water partition coefficient (Wildman–Crippen LogP) is 0.436. The molecule has 0 spiro atoms. The molecule has 1 N–H and O–H groups in total. The minimum absolute atomic E-state index is 0.0231. The van der Waals surface area contributed by atoms with Gasteiger partial charge in [-0.3, -0.25) is 20.2 Å². The van der Waals surface area contributed by atoms with Crippen LogP contribution in [0.4, 0.5) is 11.4 Å². The molecule has 24 heavy (non-hydrogen) atoms. The number of nitrogens with zero attached hydrogens (tertiary/aromatic N) is 2. The first kappa shape index (κ1) is 17.7. The molecule has 2 heterocycles. The third kappa shape index (κ3) is 5.53. The number of nitro groups is 2. The molecule has 2 atom stereocenters. The number of benzene rings is 1. The molecule has 2 aliphatic rings. The minimum atomic E-state index is -0.859. The fraction of sp³-hybridized carbons (Fsp3) is 0.462. The molecule has 0 unspecified atom stereocenters. The first-order valence-electron chi connectivity index (χ1n) is 6.85. The average molecular weight is 342 g/mol. The number of hydrogen-bond acceptors (Lipinski definition) is 9. The lowest BCUT2D eigenvalue weighted by atomic mass is 10.2. The van der Waals surface area contributed by atoms with Crippen LogP contribution in [0.3, 0.4) is 0 Å². The SMILES string of the molecule is O=C(OC[C@H]1CO1)c1cc([N+](=O)[O-])cc([N+](=O)[O-])c1.OC[C@H]1CO1. The first-order valence-corrected chi connectivity index (χ1v) is 6.85. The van der Waals surface area contributed by atoms with Crippen molar-refractivity contribution in [3.05, 3.63) is 44.0 Å². The van der Waals surface area contributed by atoms with Crippen molar-refractivity contribution in [3.63, 3.8) is 0 Å². The van der Waals surface area contributed by atoms with Gasteiger partial charge in [-0.05, 0) is 0 Å². The van der Waals surface area contributed by atoms with Crippen LogP contribution in [0.1, 0.15) is 10.4 Å². The van der Waals surface area contributed by atoms with Crippen molar-refractivity contribution in [1.29, 1.82) is 0 Å². The van der Waals surface area contributed by atoms with Gasteiger partial charge in [0.05, 0.1) is 41.3 Å². The number of esters is 1. The summed E-state index contributed by atoms with van der Waals surface area (Å²) in [7, 11) is 0. The largest absolute Gasteiger partial charge is 0.459 e. The van der Waals surface area contributed by atoms with E-state index in [0.29, 0.717) is 6.61 Å². The molecular formula is C13H14N2O9. The summed E-state index contributed by atoms with van der Waals surface area (Å²) >= 11 is 0. The monoisotopic (exact) mass is 342 g/mol. The number of hydrogen-bond donors (Lipinski definition) is 1. The Bertz CT molecular complexity index is 608. The van der Waals surface area contributed by atoms with Crippen LogP contribution in [-0.2, 0) is 14.2 Å². The Labute approximate surface area is 135 Å². The molecule has 0 saturated carbocycles. The molecule has 0 radical (unpaired) electrons. The van der Waals surface area contributed by atoms with E-state index < -0.39 is 27.2 Å². The zero-order valence-electron chi connectivity index (χ0n) is 12.3. The standard InChI is InChI=1S/C10H8N2O7.C3H6O2/c13-10(19-5-9-4-18-9)6-1-7(11(14)15)3-8(2-6)12(16)17;4-1-3-2-5-3/h1-3,9H,4-5H2;3-4H,1-2H2/t9-;3-/m10/s1. The van der Waals surface area contributed by atoms with Gasteiger partial charge in [-0.15, -0.1) is 0 Å². The molecule has 11 heteroatoms. The van der Waals surface area contributed by atoms with Gasteiger partial charge in [0, 0.05) is 12.1 Å². The first-order chi connectivity index (χ1) is 11.4. The summed E-state index contributed by atoms with van der Waals surface area (Å²) in [4.78, 5) is 31.3. The number of rotatable bonds is 6. The number of aliphatic hydroxyl groups is 1. The highest BCUT2D eigenvalue weighted by molar-refractivity contribution is 5.91. The molecule has 2 fully saturated rings. The van der Waals surface area contributed by atoms with E-state index in [1.807, 2.05) is 0 Å². The maximum Gasteiger partial charge on any atom is 0.338 e. The van der Waals surface area contributed by atoms with Crippen molar-refractivity contribution in [3.8, 4) is 0 Å². The van der Waals surface area contributed by atoms with E-state index in [1.165, 1.54) is 0 Å². The van der Waals surface area contributed by atoms with Gasteiger partial charge < -0.3 is 19.3 Å². The Hall–Kier alpha value is -2.63. The van der Waals surface area contributed by atoms with Gasteiger partial charge >= 0.3 is 5.97 Å². The Morgan fingerprint density at radius 1 is 1.12 bits per heavy atom. The van der Waals surface area contributed by atoms with E-state index in [-0.39, 0.29) is 31.0 Å². The highest BCUT2D eigenvalue weighted by atomic mass is 16.6. The normalized spacial score (nSPS) is 20.4. The van der Waals surface area contributed by atoms with Gasteiger partial charge in [0.25, 0.3) is 11.4 Å². The summed E-state index contributed by atoms with van der Waals surface area (Å²) in [5.41, 5.74) is -1.31. The highest BCUT2D eigenvalue weighted by Gasteiger charge is 2.26. The van der Waals surface area contributed by atoms with Crippen molar-refractivity contribution in [2.24, 2.45) is 0 Å². The number of aliphatic hydroxyl groups excluding tert-OH is 1. The third-order valence-electron chi connectivity index (χ3n) is 2.97. The molecule has 1 aromatic carbocycles. The summed E-state index contributed by atoms with van der Waals surface area (Å²) in [6.07, 6.45) is 0.0348. The van der Waals surface area contributed by atoms with Gasteiger partial charge in [-0.2, -0.15) is 0 Å². The number of epoxide rings is 2. The van der Waals surface area contributed by atoms with Crippen LogP contribution >= 0.6 is 0 Å². The van der Waals surface area contributed by atoms with Crippen molar-refractivity contribution >= 4 is 17.3 Å². The molecule has 0 bridgehead atoms. The molecule has 0 aliphatic carbocycles. The van der Waals surface area contributed by atoms with Gasteiger partial charge in [0.1, 0.15) is 18.8 Å². The van der Waals surface area contributed by atoms with Crippen LogP contribution in [0.2, 0.25) is 0 Å². The van der Waals surface area contributed by atoms with Crippen LogP contribution < -0.4 is 0 Å². The summed E-state index contributed by atoms with van der Waals surface area (Å²) in [6.45, 7) is 1.47. The summed E-state index contributed by atoms with van der Waals surface area (Å²) in [6, 6.07) is 2.65. The lowest BCUT2D eigenvalue weighted by Gasteiger charge is -2.02. The molecule has 0 amide bonds. The Morgan fingerprint density at radius 2 is 1.62 bits per heavy atom.